The summed E-state index contributed by atoms with van der Waals surface area (Å²) in [6.45, 7) is 0. The third kappa shape index (κ3) is 2.90. The molecule has 0 nitrogen and oxygen atoms in total. The molecule has 6 rings (SSSR count). The van der Waals surface area contributed by atoms with Gasteiger partial charge in [0.15, 0.2) is 0 Å². The summed E-state index contributed by atoms with van der Waals surface area (Å²) in [4.78, 5) is 0. The number of hydrogen-bond donors (Lipinski definition) is 0. The summed E-state index contributed by atoms with van der Waals surface area (Å²) < 4.78 is 0. The molecule has 1 heteroatoms. The van der Waals surface area contributed by atoms with Gasteiger partial charge in [0.25, 0.3) is 0 Å². The zero-order valence-corrected chi connectivity index (χ0v) is 18.7. The number of benzene rings is 5. The Kier molecular flexibility index (Phi) is 4.63. The van der Waals surface area contributed by atoms with Crippen molar-refractivity contribution in [3.05, 3.63) is 156 Å². The molecule has 0 saturated carbocycles. The molecule has 2 radical (unpaired) electrons. The topological polar surface area (TPSA) is 0 Å². The van der Waals surface area contributed by atoms with Crippen LogP contribution in [0.2, 0.25) is 0 Å². The fraction of sp³-hybridized carbons (Fsp3) is 0.0323. The van der Waals surface area contributed by atoms with E-state index in [4.69, 9.17) is 0 Å². The summed E-state index contributed by atoms with van der Waals surface area (Å²) in [5.41, 5.74) is 7.74. The van der Waals surface area contributed by atoms with Crippen LogP contribution in [0.4, 0.5) is 0 Å². The Labute approximate surface area is 192 Å². The van der Waals surface area contributed by atoms with Crippen molar-refractivity contribution in [3.63, 3.8) is 0 Å². The first-order chi connectivity index (χ1) is 15.9. The van der Waals surface area contributed by atoms with E-state index in [-0.39, 0.29) is 5.41 Å². The maximum Gasteiger partial charge on any atom is 0.121 e. The van der Waals surface area contributed by atoms with Gasteiger partial charge in [0, 0.05) is 0 Å². The van der Waals surface area contributed by atoms with Gasteiger partial charge >= 0.3 is 0 Å². The fourth-order valence-electron chi connectivity index (χ4n) is 5.20. The first-order valence-corrected chi connectivity index (χ1v) is 12.0. The van der Waals surface area contributed by atoms with Gasteiger partial charge in [0.2, 0.25) is 0 Å². The maximum absolute atomic E-state index is 2.34. The van der Waals surface area contributed by atoms with Crippen molar-refractivity contribution in [1.82, 2.24) is 0 Å². The lowest BCUT2D eigenvalue weighted by Gasteiger charge is -2.34. The van der Waals surface area contributed by atoms with E-state index < -0.39 is 0 Å². The van der Waals surface area contributed by atoms with Gasteiger partial charge in [-0.05, 0) is 33.4 Å². The summed E-state index contributed by atoms with van der Waals surface area (Å²) in [6.07, 6.45) is 0. The molecule has 32 heavy (non-hydrogen) atoms. The third-order valence-electron chi connectivity index (χ3n) is 6.54. The highest BCUT2D eigenvalue weighted by Crippen LogP contribution is 2.55. The molecule has 0 spiro atoms. The maximum atomic E-state index is 2.34. The van der Waals surface area contributed by atoms with Crippen LogP contribution in [0.25, 0.3) is 11.1 Å². The molecule has 0 amide bonds. The minimum Gasteiger partial charge on any atom is -0.0631 e. The van der Waals surface area contributed by atoms with Crippen molar-refractivity contribution in [1.29, 1.82) is 0 Å². The van der Waals surface area contributed by atoms with Gasteiger partial charge in [0.05, 0.1) is 5.41 Å². The molecule has 0 heterocycles. The van der Waals surface area contributed by atoms with Crippen molar-refractivity contribution in [2.24, 2.45) is 0 Å². The van der Waals surface area contributed by atoms with Crippen LogP contribution < -0.4 is 10.4 Å². The Balaban J connectivity index is 1.57. The molecule has 1 aliphatic carbocycles. The molecule has 150 valence electrons. The van der Waals surface area contributed by atoms with Gasteiger partial charge in [-0.3, -0.25) is 0 Å². The lowest BCUT2D eigenvalue weighted by atomic mass is 9.68. The van der Waals surface area contributed by atoms with E-state index >= 15 is 0 Å². The van der Waals surface area contributed by atoms with Crippen molar-refractivity contribution >= 4 is 19.9 Å². The molecule has 0 atom stereocenters. The molecule has 5 aromatic carbocycles. The summed E-state index contributed by atoms with van der Waals surface area (Å²) in [6, 6.07) is 48.8. The SMILES string of the molecule is c1ccc([Si]c2ccc(C3(c4ccccc4)c4ccccc4-c4ccccc43)cc2)cc1. The number of hydrogen-bond acceptors (Lipinski definition) is 0. The van der Waals surface area contributed by atoms with Crippen LogP contribution in [-0.4, -0.2) is 9.52 Å². The first kappa shape index (κ1) is 19.0. The standard InChI is InChI=1S/C31H22Si/c1-3-11-23(12-4-1)31(24-19-21-26(22-20-24)32-25-13-5-2-6-14-25)29-17-9-7-15-27(29)28-16-8-10-18-30(28)31/h1-22H. The van der Waals surface area contributed by atoms with E-state index in [1.54, 1.807) is 0 Å². The van der Waals surface area contributed by atoms with Crippen molar-refractivity contribution < 1.29 is 0 Å². The largest absolute Gasteiger partial charge is 0.121 e. The molecule has 0 N–H and O–H groups in total. The van der Waals surface area contributed by atoms with E-state index in [0.29, 0.717) is 9.52 Å². The minimum absolute atomic E-state index is 0.303. The van der Waals surface area contributed by atoms with Crippen LogP contribution in [0.3, 0.4) is 0 Å². The van der Waals surface area contributed by atoms with Crippen LogP contribution in [0.5, 0.6) is 0 Å². The smallest absolute Gasteiger partial charge is 0.0631 e. The second-order valence-corrected chi connectivity index (χ2v) is 9.68. The Bertz CT molecular complexity index is 1320. The average molecular weight is 423 g/mol. The van der Waals surface area contributed by atoms with Crippen LogP contribution >= 0.6 is 0 Å². The second kappa shape index (κ2) is 7.78. The van der Waals surface area contributed by atoms with E-state index in [9.17, 15) is 0 Å². The van der Waals surface area contributed by atoms with Crippen LogP contribution in [0, 0.1) is 0 Å². The predicted molar refractivity (Wildman–Crippen MR) is 135 cm³/mol. The molecule has 0 saturated heterocycles. The molecule has 0 aliphatic heterocycles. The van der Waals surface area contributed by atoms with Crippen LogP contribution in [-0.2, 0) is 5.41 Å². The van der Waals surface area contributed by atoms with Crippen LogP contribution in [0.15, 0.2) is 133 Å². The molecule has 0 aromatic heterocycles. The van der Waals surface area contributed by atoms with Gasteiger partial charge in [0.1, 0.15) is 9.52 Å². The van der Waals surface area contributed by atoms with Gasteiger partial charge in [-0.2, -0.15) is 0 Å². The molecule has 0 bridgehead atoms. The summed E-state index contributed by atoms with van der Waals surface area (Å²) >= 11 is 0. The second-order valence-electron chi connectivity index (χ2n) is 8.28. The lowest BCUT2D eigenvalue weighted by molar-refractivity contribution is 0.769. The zero-order chi connectivity index (χ0) is 21.4. The molecule has 5 aromatic rings. The molecule has 0 fully saturated rings. The first-order valence-electron chi connectivity index (χ1n) is 11.0. The lowest BCUT2D eigenvalue weighted by Crippen LogP contribution is -2.30. The van der Waals surface area contributed by atoms with Crippen molar-refractivity contribution in [2.75, 3.05) is 0 Å². The molecular weight excluding hydrogens is 400 g/mol. The van der Waals surface area contributed by atoms with Gasteiger partial charge < -0.3 is 0 Å². The Morgan fingerprint density at radius 1 is 0.375 bits per heavy atom. The molecule has 0 unspecified atom stereocenters. The highest BCUT2D eigenvalue weighted by Gasteiger charge is 2.45. The third-order valence-corrected chi connectivity index (χ3v) is 7.78. The van der Waals surface area contributed by atoms with Gasteiger partial charge in [-0.15, -0.1) is 0 Å². The highest BCUT2D eigenvalue weighted by molar-refractivity contribution is 6.67. The zero-order valence-electron chi connectivity index (χ0n) is 17.7. The van der Waals surface area contributed by atoms with Crippen molar-refractivity contribution in [3.8, 4) is 11.1 Å². The van der Waals surface area contributed by atoms with E-state index in [1.807, 2.05) is 0 Å². The minimum atomic E-state index is -0.303. The van der Waals surface area contributed by atoms with E-state index in [2.05, 4.69) is 133 Å². The summed E-state index contributed by atoms with van der Waals surface area (Å²) in [5.74, 6) is 0. The van der Waals surface area contributed by atoms with Gasteiger partial charge in [-0.25, -0.2) is 0 Å². The summed E-state index contributed by atoms with van der Waals surface area (Å²) in [5, 5.41) is 2.73. The Morgan fingerprint density at radius 3 is 1.41 bits per heavy atom. The van der Waals surface area contributed by atoms with Crippen LogP contribution in [0.1, 0.15) is 22.3 Å². The normalized spacial score (nSPS) is 13.4. The van der Waals surface area contributed by atoms with Crippen molar-refractivity contribution in [2.45, 2.75) is 5.41 Å². The quantitative estimate of drug-likeness (QED) is 0.320. The van der Waals surface area contributed by atoms with Gasteiger partial charge in [-0.1, -0.05) is 144 Å². The number of fused-ring (bicyclic) bond motifs is 3. The number of rotatable bonds is 4. The highest BCUT2D eigenvalue weighted by atomic mass is 28.2. The average Bonchev–Trinajstić information content (AvgIpc) is 3.17. The Morgan fingerprint density at radius 2 is 0.812 bits per heavy atom. The monoisotopic (exact) mass is 422 g/mol. The Hall–Kier alpha value is -3.68. The molecular formula is C31H22Si. The predicted octanol–water partition coefficient (Wildman–Crippen LogP) is 5.70. The van der Waals surface area contributed by atoms with E-state index in [0.717, 1.165) is 0 Å². The summed E-state index contributed by atoms with van der Waals surface area (Å²) in [7, 11) is 0.666. The molecule has 1 aliphatic rings. The van der Waals surface area contributed by atoms with E-state index in [1.165, 1.54) is 43.8 Å². The fourth-order valence-corrected chi connectivity index (χ4v) is 6.23.